The molecule has 0 bridgehead atoms. The number of carbonyl (C=O) groups excluding carboxylic acids is 2. The minimum absolute atomic E-state index is 0.195. The van der Waals surface area contributed by atoms with Crippen LogP contribution in [0, 0.1) is 6.92 Å². The molecule has 2 rings (SSSR count). The van der Waals surface area contributed by atoms with Gasteiger partial charge < -0.3 is 10.1 Å². The number of anilines is 1. The van der Waals surface area contributed by atoms with Gasteiger partial charge in [-0.25, -0.2) is 4.79 Å². The highest BCUT2D eigenvalue weighted by atomic mass is 19.4. The monoisotopic (exact) mass is 363 g/mol. The van der Waals surface area contributed by atoms with Gasteiger partial charge in [-0.2, -0.15) is 13.2 Å². The van der Waals surface area contributed by atoms with E-state index in [-0.39, 0.29) is 5.56 Å². The number of benzene rings is 2. The standard InChI is InChI=1S/C19H16F3NO3/c1-13-5-2-3-8-16(13)23-17(24)12-26-18(25)10-9-14-6-4-7-15(11-14)19(20,21)22/h2-11H,12H2,1H3,(H,23,24)/b10-9+. The minimum Gasteiger partial charge on any atom is -0.452 e. The zero-order chi connectivity index (χ0) is 19.2. The molecule has 136 valence electrons. The van der Waals surface area contributed by atoms with E-state index in [0.717, 1.165) is 23.8 Å². The number of aryl methyl sites for hydroxylation is 1. The fraction of sp³-hybridized carbons (Fsp3) is 0.158. The molecule has 0 aliphatic carbocycles. The molecule has 0 saturated carbocycles. The van der Waals surface area contributed by atoms with Crippen LogP contribution in [0.1, 0.15) is 16.7 Å². The maximum atomic E-state index is 12.6. The van der Waals surface area contributed by atoms with Crippen LogP contribution in [-0.4, -0.2) is 18.5 Å². The third kappa shape index (κ3) is 5.77. The van der Waals surface area contributed by atoms with Crippen molar-refractivity contribution >= 4 is 23.6 Å². The van der Waals surface area contributed by atoms with Crippen LogP contribution in [0.15, 0.2) is 54.6 Å². The smallest absolute Gasteiger partial charge is 0.416 e. The maximum absolute atomic E-state index is 12.6. The van der Waals surface area contributed by atoms with Gasteiger partial charge in [-0.05, 0) is 42.3 Å². The van der Waals surface area contributed by atoms with E-state index in [1.165, 1.54) is 18.2 Å². The summed E-state index contributed by atoms with van der Waals surface area (Å²) in [6, 6.07) is 11.6. The molecule has 0 aliphatic heterocycles. The van der Waals surface area contributed by atoms with E-state index in [1.54, 1.807) is 12.1 Å². The van der Waals surface area contributed by atoms with Crippen molar-refractivity contribution in [2.45, 2.75) is 13.1 Å². The summed E-state index contributed by atoms with van der Waals surface area (Å²) in [4.78, 5) is 23.4. The number of rotatable bonds is 5. The predicted molar refractivity (Wildman–Crippen MR) is 91.2 cm³/mol. The Kier molecular flexibility index (Phi) is 6.16. The molecule has 0 fully saturated rings. The van der Waals surface area contributed by atoms with Crippen molar-refractivity contribution in [2.24, 2.45) is 0 Å². The van der Waals surface area contributed by atoms with Gasteiger partial charge >= 0.3 is 12.1 Å². The molecule has 2 aromatic rings. The molecule has 0 aliphatic rings. The second-order valence-corrected chi connectivity index (χ2v) is 5.43. The number of ether oxygens (including phenoxy) is 1. The summed E-state index contributed by atoms with van der Waals surface area (Å²) in [5.41, 5.74) is 0.844. The Labute approximate surface area is 148 Å². The van der Waals surface area contributed by atoms with Gasteiger partial charge in [-0.3, -0.25) is 4.79 Å². The molecule has 0 atom stereocenters. The van der Waals surface area contributed by atoms with Crippen molar-refractivity contribution < 1.29 is 27.5 Å². The summed E-state index contributed by atoms with van der Waals surface area (Å²) in [6.45, 7) is 1.32. The van der Waals surface area contributed by atoms with Crippen molar-refractivity contribution in [3.63, 3.8) is 0 Å². The average Bonchev–Trinajstić information content (AvgIpc) is 2.60. The van der Waals surface area contributed by atoms with Gasteiger partial charge in [0.1, 0.15) is 0 Å². The van der Waals surface area contributed by atoms with Crippen LogP contribution in [0.3, 0.4) is 0 Å². The molecule has 1 N–H and O–H groups in total. The fourth-order valence-electron chi connectivity index (χ4n) is 2.07. The molecule has 0 unspecified atom stereocenters. The van der Waals surface area contributed by atoms with E-state index < -0.39 is 30.2 Å². The first-order chi connectivity index (χ1) is 12.3. The zero-order valence-corrected chi connectivity index (χ0v) is 13.8. The molecular formula is C19H16F3NO3. The van der Waals surface area contributed by atoms with Crippen molar-refractivity contribution in [1.29, 1.82) is 0 Å². The molecule has 7 heteroatoms. The number of amides is 1. The summed E-state index contributed by atoms with van der Waals surface area (Å²) >= 11 is 0. The third-order valence-corrected chi connectivity index (χ3v) is 3.39. The van der Waals surface area contributed by atoms with Crippen LogP contribution >= 0.6 is 0 Å². The summed E-state index contributed by atoms with van der Waals surface area (Å²) < 4.78 is 42.6. The first-order valence-electron chi connectivity index (χ1n) is 7.63. The summed E-state index contributed by atoms with van der Waals surface area (Å²) in [7, 11) is 0. The highest BCUT2D eigenvalue weighted by Crippen LogP contribution is 2.29. The van der Waals surface area contributed by atoms with Crippen LogP contribution in [-0.2, 0) is 20.5 Å². The topological polar surface area (TPSA) is 55.4 Å². The fourth-order valence-corrected chi connectivity index (χ4v) is 2.07. The Morgan fingerprint density at radius 3 is 2.54 bits per heavy atom. The lowest BCUT2D eigenvalue weighted by molar-refractivity contribution is -0.142. The van der Waals surface area contributed by atoms with Crippen LogP contribution in [0.5, 0.6) is 0 Å². The molecule has 1 amide bonds. The molecule has 26 heavy (non-hydrogen) atoms. The number of carbonyl (C=O) groups is 2. The molecule has 0 saturated heterocycles. The Hall–Kier alpha value is -3.09. The minimum atomic E-state index is -4.46. The van der Waals surface area contributed by atoms with Gasteiger partial charge in [0.25, 0.3) is 5.91 Å². The van der Waals surface area contributed by atoms with E-state index in [4.69, 9.17) is 4.74 Å². The molecule has 0 heterocycles. The van der Waals surface area contributed by atoms with E-state index in [9.17, 15) is 22.8 Å². The normalized spacial score (nSPS) is 11.4. The molecule has 4 nitrogen and oxygen atoms in total. The lowest BCUT2D eigenvalue weighted by Gasteiger charge is -2.08. The SMILES string of the molecule is Cc1ccccc1NC(=O)COC(=O)/C=C/c1cccc(C(F)(F)F)c1. The Balaban J connectivity index is 1.88. The number of para-hydroxylation sites is 1. The van der Waals surface area contributed by atoms with E-state index in [0.29, 0.717) is 5.69 Å². The van der Waals surface area contributed by atoms with Gasteiger partial charge in [0.15, 0.2) is 6.61 Å². The third-order valence-electron chi connectivity index (χ3n) is 3.39. The van der Waals surface area contributed by atoms with E-state index >= 15 is 0 Å². The van der Waals surface area contributed by atoms with Gasteiger partial charge in [0.2, 0.25) is 0 Å². The Bertz CT molecular complexity index is 829. The predicted octanol–water partition coefficient (Wildman–Crippen LogP) is 4.21. The van der Waals surface area contributed by atoms with Crippen LogP contribution in [0.25, 0.3) is 6.08 Å². The maximum Gasteiger partial charge on any atom is 0.416 e. The lowest BCUT2D eigenvalue weighted by Crippen LogP contribution is -2.20. The van der Waals surface area contributed by atoms with Crippen LogP contribution in [0.2, 0.25) is 0 Å². The number of hydrogen-bond acceptors (Lipinski definition) is 3. The Morgan fingerprint density at radius 2 is 1.85 bits per heavy atom. The van der Waals surface area contributed by atoms with Gasteiger partial charge in [0, 0.05) is 11.8 Å². The molecule has 0 spiro atoms. The van der Waals surface area contributed by atoms with Crippen molar-refractivity contribution in [1.82, 2.24) is 0 Å². The number of halogens is 3. The zero-order valence-electron chi connectivity index (χ0n) is 13.8. The summed E-state index contributed by atoms with van der Waals surface area (Å²) in [5.74, 6) is -1.34. The quantitative estimate of drug-likeness (QED) is 0.640. The molecular weight excluding hydrogens is 347 g/mol. The van der Waals surface area contributed by atoms with Gasteiger partial charge in [-0.15, -0.1) is 0 Å². The van der Waals surface area contributed by atoms with Gasteiger partial charge in [0.05, 0.1) is 5.56 Å². The number of nitrogens with one attached hydrogen (secondary N) is 1. The molecule has 2 aromatic carbocycles. The Morgan fingerprint density at radius 1 is 1.12 bits per heavy atom. The van der Waals surface area contributed by atoms with Crippen LogP contribution in [0.4, 0.5) is 18.9 Å². The molecule has 0 aromatic heterocycles. The van der Waals surface area contributed by atoms with Gasteiger partial charge in [-0.1, -0.05) is 30.3 Å². The van der Waals surface area contributed by atoms with Crippen molar-refractivity contribution in [2.75, 3.05) is 11.9 Å². The second-order valence-electron chi connectivity index (χ2n) is 5.43. The highest BCUT2D eigenvalue weighted by Gasteiger charge is 2.30. The van der Waals surface area contributed by atoms with Crippen LogP contribution < -0.4 is 5.32 Å². The number of hydrogen-bond donors (Lipinski definition) is 1. The first-order valence-corrected chi connectivity index (χ1v) is 7.63. The largest absolute Gasteiger partial charge is 0.452 e. The van der Waals surface area contributed by atoms with Crippen molar-refractivity contribution in [3.05, 3.63) is 71.3 Å². The summed E-state index contributed by atoms with van der Waals surface area (Å²) in [6.07, 6.45) is -2.30. The highest BCUT2D eigenvalue weighted by molar-refractivity contribution is 5.95. The van der Waals surface area contributed by atoms with E-state index in [1.807, 2.05) is 19.1 Å². The number of esters is 1. The molecule has 0 radical (unpaired) electrons. The second kappa shape index (κ2) is 8.33. The number of alkyl halides is 3. The lowest BCUT2D eigenvalue weighted by atomic mass is 10.1. The van der Waals surface area contributed by atoms with Crippen molar-refractivity contribution in [3.8, 4) is 0 Å². The summed E-state index contributed by atoms with van der Waals surface area (Å²) in [5, 5.41) is 2.60. The average molecular weight is 363 g/mol. The first kappa shape index (κ1) is 19.2. The van der Waals surface area contributed by atoms with E-state index in [2.05, 4.69) is 5.32 Å².